The highest BCUT2D eigenvalue weighted by Crippen LogP contribution is 2.15. The highest BCUT2D eigenvalue weighted by Gasteiger charge is 2.15. The fraction of sp³-hybridized carbons (Fsp3) is 0.158. The average Bonchev–Trinajstić information content (AvgIpc) is 2.68. The van der Waals surface area contributed by atoms with Crippen LogP contribution in [-0.4, -0.2) is 29.0 Å². The Hall–Kier alpha value is -3.48. The SMILES string of the molecule is CCn1nc(C(=O)N/N=C/c2ccccc2OC)c2ccccc2c1=O. The first kappa shape index (κ1) is 17.3. The molecule has 0 unspecified atom stereocenters. The van der Waals surface area contributed by atoms with Gasteiger partial charge in [0.25, 0.3) is 11.5 Å². The van der Waals surface area contributed by atoms with E-state index in [-0.39, 0.29) is 11.3 Å². The van der Waals surface area contributed by atoms with Crippen molar-refractivity contribution in [1.82, 2.24) is 15.2 Å². The van der Waals surface area contributed by atoms with Crippen LogP contribution in [0.5, 0.6) is 5.75 Å². The van der Waals surface area contributed by atoms with E-state index in [0.717, 1.165) is 5.56 Å². The number of rotatable bonds is 5. The lowest BCUT2D eigenvalue weighted by atomic mass is 10.1. The number of aromatic nitrogens is 2. The number of nitrogens with one attached hydrogen (secondary N) is 1. The molecule has 2 aromatic carbocycles. The normalized spacial score (nSPS) is 11.0. The van der Waals surface area contributed by atoms with E-state index in [0.29, 0.717) is 23.1 Å². The molecule has 0 radical (unpaired) electrons. The van der Waals surface area contributed by atoms with Gasteiger partial charge in [-0.15, -0.1) is 0 Å². The Morgan fingerprint density at radius 2 is 1.88 bits per heavy atom. The van der Waals surface area contributed by atoms with Crippen LogP contribution in [0.25, 0.3) is 10.8 Å². The molecule has 0 atom stereocenters. The van der Waals surface area contributed by atoms with Crippen molar-refractivity contribution in [3.63, 3.8) is 0 Å². The molecule has 0 spiro atoms. The van der Waals surface area contributed by atoms with E-state index in [1.807, 2.05) is 18.2 Å². The Morgan fingerprint density at radius 1 is 1.19 bits per heavy atom. The Kier molecular flexibility index (Phi) is 5.07. The maximum Gasteiger partial charge on any atom is 0.292 e. The van der Waals surface area contributed by atoms with E-state index in [4.69, 9.17) is 4.74 Å². The molecule has 0 aliphatic rings. The average molecular weight is 350 g/mol. The van der Waals surface area contributed by atoms with E-state index in [1.54, 1.807) is 44.4 Å². The number of para-hydroxylation sites is 1. The molecule has 0 aliphatic heterocycles. The number of aryl methyl sites for hydroxylation is 1. The van der Waals surface area contributed by atoms with Gasteiger partial charge < -0.3 is 4.74 Å². The number of hydrazone groups is 1. The van der Waals surface area contributed by atoms with Gasteiger partial charge in [-0.05, 0) is 25.1 Å². The number of hydrogen-bond acceptors (Lipinski definition) is 5. The van der Waals surface area contributed by atoms with Crippen LogP contribution in [0.4, 0.5) is 0 Å². The van der Waals surface area contributed by atoms with Crippen molar-refractivity contribution in [3.8, 4) is 5.75 Å². The number of nitrogens with zero attached hydrogens (tertiary/aromatic N) is 3. The summed E-state index contributed by atoms with van der Waals surface area (Å²) in [6, 6.07) is 14.2. The standard InChI is InChI=1S/C19H18N4O3/c1-3-23-19(25)15-10-6-5-9-14(15)17(22-23)18(24)21-20-12-13-8-4-7-11-16(13)26-2/h4-12H,3H2,1-2H3,(H,21,24)/b20-12+. The first-order chi connectivity index (χ1) is 12.7. The van der Waals surface area contributed by atoms with Crippen LogP contribution >= 0.6 is 0 Å². The Balaban J connectivity index is 1.92. The molecule has 0 aliphatic carbocycles. The summed E-state index contributed by atoms with van der Waals surface area (Å²) in [5.74, 6) is 0.156. The lowest BCUT2D eigenvalue weighted by Gasteiger charge is -2.08. The summed E-state index contributed by atoms with van der Waals surface area (Å²) in [5, 5.41) is 9.09. The smallest absolute Gasteiger partial charge is 0.292 e. The molecule has 0 saturated heterocycles. The van der Waals surface area contributed by atoms with Gasteiger partial charge in [0.1, 0.15) is 5.75 Å². The third-order valence-electron chi connectivity index (χ3n) is 3.89. The third-order valence-corrected chi connectivity index (χ3v) is 3.89. The number of amides is 1. The zero-order valence-corrected chi connectivity index (χ0v) is 14.5. The van der Waals surface area contributed by atoms with Crippen LogP contribution in [0.2, 0.25) is 0 Å². The molecule has 1 amide bonds. The van der Waals surface area contributed by atoms with Gasteiger partial charge in [0.15, 0.2) is 5.69 Å². The van der Waals surface area contributed by atoms with Crippen molar-refractivity contribution in [2.75, 3.05) is 7.11 Å². The van der Waals surface area contributed by atoms with Crippen molar-refractivity contribution in [3.05, 3.63) is 70.1 Å². The fourth-order valence-electron chi connectivity index (χ4n) is 2.60. The number of ether oxygens (including phenoxy) is 1. The maximum absolute atomic E-state index is 12.5. The minimum Gasteiger partial charge on any atom is -0.496 e. The van der Waals surface area contributed by atoms with Gasteiger partial charge in [0.05, 0.1) is 18.7 Å². The number of hydrogen-bond donors (Lipinski definition) is 1. The topological polar surface area (TPSA) is 85.6 Å². The van der Waals surface area contributed by atoms with Gasteiger partial charge in [-0.1, -0.05) is 30.3 Å². The molecular weight excluding hydrogens is 332 g/mol. The summed E-state index contributed by atoms with van der Waals surface area (Å²) >= 11 is 0. The fourth-order valence-corrected chi connectivity index (χ4v) is 2.60. The Labute approximate surface area is 149 Å². The molecular formula is C19H18N4O3. The summed E-state index contributed by atoms with van der Waals surface area (Å²) in [4.78, 5) is 24.9. The molecule has 1 N–H and O–H groups in total. The van der Waals surface area contributed by atoms with Crippen LogP contribution in [0.3, 0.4) is 0 Å². The van der Waals surface area contributed by atoms with Gasteiger partial charge in [0, 0.05) is 17.5 Å². The number of benzene rings is 2. The monoisotopic (exact) mass is 350 g/mol. The predicted molar refractivity (Wildman–Crippen MR) is 99.7 cm³/mol. The van der Waals surface area contributed by atoms with Crippen LogP contribution in [0.15, 0.2) is 58.4 Å². The second-order valence-electron chi connectivity index (χ2n) is 5.46. The van der Waals surface area contributed by atoms with Gasteiger partial charge in [-0.3, -0.25) is 9.59 Å². The highest BCUT2D eigenvalue weighted by molar-refractivity contribution is 6.05. The molecule has 132 valence electrons. The number of fused-ring (bicyclic) bond motifs is 1. The minimum absolute atomic E-state index is 0.152. The second-order valence-corrected chi connectivity index (χ2v) is 5.46. The third kappa shape index (κ3) is 3.32. The van der Waals surface area contributed by atoms with Crippen LogP contribution in [-0.2, 0) is 6.54 Å². The molecule has 3 aromatic rings. The Bertz CT molecular complexity index is 1040. The maximum atomic E-state index is 12.5. The molecule has 7 nitrogen and oxygen atoms in total. The van der Waals surface area contributed by atoms with Gasteiger partial charge in [-0.25, -0.2) is 10.1 Å². The molecule has 1 aromatic heterocycles. The largest absolute Gasteiger partial charge is 0.496 e. The Morgan fingerprint density at radius 3 is 2.62 bits per heavy atom. The van der Waals surface area contributed by atoms with Crippen LogP contribution in [0.1, 0.15) is 23.0 Å². The summed E-state index contributed by atoms with van der Waals surface area (Å²) < 4.78 is 6.50. The number of methoxy groups -OCH3 is 1. The lowest BCUT2D eigenvalue weighted by molar-refractivity contribution is 0.0949. The van der Waals surface area contributed by atoms with Crippen molar-refractivity contribution >= 4 is 22.9 Å². The van der Waals surface area contributed by atoms with E-state index in [2.05, 4.69) is 15.6 Å². The molecule has 26 heavy (non-hydrogen) atoms. The first-order valence-electron chi connectivity index (χ1n) is 8.12. The molecule has 0 bridgehead atoms. The second kappa shape index (κ2) is 7.60. The van der Waals surface area contributed by atoms with Gasteiger partial charge >= 0.3 is 0 Å². The molecule has 7 heteroatoms. The quantitative estimate of drug-likeness (QED) is 0.564. The molecule has 3 rings (SSSR count). The van der Waals surface area contributed by atoms with Gasteiger partial charge in [0.2, 0.25) is 0 Å². The van der Waals surface area contributed by atoms with Crippen molar-refractivity contribution in [2.24, 2.45) is 5.10 Å². The summed E-state index contributed by atoms with van der Waals surface area (Å²) in [5.41, 5.74) is 3.11. The van der Waals surface area contributed by atoms with Crippen molar-refractivity contribution < 1.29 is 9.53 Å². The zero-order valence-electron chi connectivity index (χ0n) is 14.5. The van der Waals surface area contributed by atoms with E-state index in [9.17, 15) is 9.59 Å². The van der Waals surface area contributed by atoms with E-state index >= 15 is 0 Å². The molecule has 1 heterocycles. The number of carbonyl (C=O) groups excluding carboxylic acids is 1. The van der Waals surface area contributed by atoms with E-state index < -0.39 is 5.91 Å². The van der Waals surface area contributed by atoms with E-state index in [1.165, 1.54) is 10.9 Å². The summed E-state index contributed by atoms with van der Waals surface area (Å²) in [7, 11) is 1.56. The highest BCUT2D eigenvalue weighted by atomic mass is 16.5. The summed E-state index contributed by atoms with van der Waals surface area (Å²) in [6.07, 6.45) is 1.49. The minimum atomic E-state index is -0.491. The zero-order chi connectivity index (χ0) is 18.5. The lowest BCUT2D eigenvalue weighted by Crippen LogP contribution is -2.28. The molecule has 0 fully saturated rings. The van der Waals surface area contributed by atoms with Gasteiger partial charge in [-0.2, -0.15) is 10.2 Å². The first-order valence-corrected chi connectivity index (χ1v) is 8.12. The van der Waals surface area contributed by atoms with Crippen LogP contribution in [0, 0.1) is 0 Å². The number of carbonyl (C=O) groups is 1. The van der Waals surface area contributed by atoms with Crippen molar-refractivity contribution in [2.45, 2.75) is 13.5 Å². The molecule has 0 saturated carbocycles. The van der Waals surface area contributed by atoms with Crippen molar-refractivity contribution in [1.29, 1.82) is 0 Å². The predicted octanol–water partition coefficient (Wildman–Crippen LogP) is 2.19. The van der Waals surface area contributed by atoms with Crippen LogP contribution < -0.4 is 15.7 Å². The summed E-state index contributed by atoms with van der Waals surface area (Å²) in [6.45, 7) is 2.17.